The Labute approximate surface area is 171 Å². The number of hydrogen-bond donors (Lipinski definition) is 1. The van der Waals surface area contributed by atoms with Crippen LogP contribution >= 0.6 is 0 Å². The minimum absolute atomic E-state index is 0.123. The molecule has 6 heteroatoms. The maximum atomic E-state index is 12.5. The molecule has 2 fully saturated rings. The highest BCUT2D eigenvalue weighted by Gasteiger charge is 2.46. The van der Waals surface area contributed by atoms with Gasteiger partial charge in [0, 0.05) is 37.4 Å². The largest absolute Gasteiger partial charge is 0.372 e. The first kappa shape index (κ1) is 19.7. The number of hydrogen-bond acceptors (Lipinski definition) is 4. The Morgan fingerprint density at radius 2 is 1.48 bits per heavy atom. The Kier molecular flexibility index (Phi) is 5.97. The van der Waals surface area contributed by atoms with E-state index in [1.54, 1.807) is 0 Å². The zero-order valence-corrected chi connectivity index (χ0v) is 16.8. The van der Waals surface area contributed by atoms with Gasteiger partial charge in [0.15, 0.2) is 0 Å². The van der Waals surface area contributed by atoms with Crippen molar-refractivity contribution in [2.75, 3.05) is 29.9 Å². The molecule has 1 aromatic rings. The number of nitrogens with one attached hydrogen (secondary N) is 1. The number of imide groups is 1. The van der Waals surface area contributed by atoms with Gasteiger partial charge in [-0.3, -0.25) is 19.3 Å². The molecule has 6 nitrogen and oxygen atoms in total. The normalized spacial score (nSPS) is 24.4. The molecule has 3 amide bonds. The van der Waals surface area contributed by atoms with Gasteiger partial charge >= 0.3 is 0 Å². The van der Waals surface area contributed by atoms with Crippen molar-refractivity contribution in [3.8, 4) is 0 Å². The van der Waals surface area contributed by atoms with Gasteiger partial charge in [-0.15, -0.1) is 0 Å². The quantitative estimate of drug-likeness (QED) is 0.613. The number of nitrogens with zero attached hydrogens (tertiary/aromatic N) is 2. The zero-order valence-electron chi connectivity index (χ0n) is 16.8. The molecule has 1 aromatic carbocycles. The first-order chi connectivity index (χ1) is 14.1. The van der Waals surface area contributed by atoms with E-state index in [0.29, 0.717) is 12.8 Å². The SMILES string of the molecule is O=C(CCN1C(=O)[C@@H]2CC=CC[C@H]2C1=O)Nc1ccc(N2CCCCCC2)cc1. The Morgan fingerprint density at radius 3 is 2.07 bits per heavy atom. The first-order valence-electron chi connectivity index (χ1n) is 10.8. The fraction of sp³-hybridized carbons (Fsp3) is 0.522. The molecule has 3 aliphatic rings. The molecule has 154 valence electrons. The molecular formula is C23H29N3O3. The molecule has 0 spiro atoms. The lowest BCUT2D eigenvalue weighted by molar-refractivity contribution is -0.140. The van der Waals surface area contributed by atoms with Crippen LogP contribution in [0.3, 0.4) is 0 Å². The van der Waals surface area contributed by atoms with Gasteiger partial charge in [0.1, 0.15) is 0 Å². The lowest BCUT2D eigenvalue weighted by Gasteiger charge is -2.22. The van der Waals surface area contributed by atoms with Crippen LogP contribution in [-0.2, 0) is 14.4 Å². The molecule has 2 heterocycles. The van der Waals surface area contributed by atoms with Crippen LogP contribution in [-0.4, -0.2) is 42.3 Å². The van der Waals surface area contributed by atoms with Gasteiger partial charge < -0.3 is 10.2 Å². The lowest BCUT2D eigenvalue weighted by Crippen LogP contribution is -2.34. The molecule has 0 unspecified atom stereocenters. The molecule has 0 aromatic heterocycles. The van der Waals surface area contributed by atoms with Crippen LogP contribution in [0.25, 0.3) is 0 Å². The van der Waals surface area contributed by atoms with E-state index in [1.807, 2.05) is 36.4 Å². The van der Waals surface area contributed by atoms with E-state index in [0.717, 1.165) is 18.8 Å². The first-order valence-corrected chi connectivity index (χ1v) is 10.8. The standard InChI is InChI=1S/C23H29N3O3/c27-21(13-16-26-22(28)19-7-3-4-8-20(19)23(26)29)24-17-9-11-18(12-10-17)25-14-5-1-2-6-15-25/h3-4,9-12,19-20H,1-2,5-8,13-16H2,(H,24,27)/t19-,20-/m1/s1. The van der Waals surface area contributed by atoms with Crippen molar-refractivity contribution in [1.29, 1.82) is 0 Å². The summed E-state index contributed by atoms with van der Waals surface area (Å²) < 4.78 is 0. The van der Waals surface area contributed by atoms with Crippen LogP contribution in [0.4, 0.5) is 11.4 Å². The second-order valence-electron chi connectivity index (χ2n) is 8.23. The second kappa shape index (κ2) is 8.80. The summed E-state index contributed by atoms with van der Waals surface area (Å²) in [5.74, 6) is -0.900. The summed E-state index contributed by atoms with van der Waals surface area (Å²) in [6.45, 7) is 2.32. The summed E-state index contributed by atoms with van der Waals surface area (Å²) >= 11 is 0. The van der Waals surface area contributed by atoms with Crippen LogP contribution in [0.2, 0.25) is 0 Å². The summed E-state index contributed by atoms with van der Waals surface area (Å²) in [4.78, 5) is 41.0. The van der Waals surface area contributed by atoms with Crippen LogP contribution in [0, 0.1) is 11.8 Å². The molecular weight excluding hydrogens is 366 g/mol. The van der Waals surface area contributed by atoms with Gasteiger partial charge in [0.25, 0.3) is 0 Å². The number of likely N-dealkylation sites (tertiary alicyclic amines) is 1. The Bertz CT molecular complexity index is 768. The predicted molar refractivity (Wildman–Crippen MR) is 112 cm³/mol. The maximum absolute atomic E-state index is 12.5. The van der Waals surface area contributed by atoms with E-state index in [1.165, 1.54) is 36.3 Å². The molecule has 1 aliphatic carbocycles. The topological polar surface area (TPSA) is 69.7 Å². The highest BCUT2D eigenvalue weighted by molar-refractivity contribution is 6.05. The number of carbonyl (C=O) groups excluding carboxylic acids is 3. The van der Waals surface area contributed by atoms with E-state index in [4.69, 9.17) is 0 Å². The van der Waals surface area contributed by atoms with Gasteiger partial charge in [-0.25, -0.2) is 0 Å². The van der Waals surface area contributed by atoms with Gasteiger partial charge in [-0.2, -0.15) is 0 Å². The lowest BCUT2D eigenvalue weighted by atomic mass is 9.85. The molecule has 4 rings (SSSR count). The highest BCUT2D eigenvalue weighted by atomic mass is 16.2. The molecule has 0 radical (unpaired) electrons. The van der Waals surface area contributed by atoms with Crippen molar-refractivity contribution in [3.63, 3.8) is 0 Å². The van der Waals surface area contributed by atoms with Crippen molar-refractivity contribution >= 4 is 29.1 Å². The van der Waals surface area contributed by atoms with Gasteiger partial charge in [-0.1, -0.05) is 25.0 Å². The number of fused-ring (bicyclic) bond motifs is 1. The molecule has 0 saturated carbocycles. The molecule has 29 heavy (non-hydrogen) atoms. The third-order valence-corrected chi connectivity index (χ3v) is 6.28. The minimum atomic E-state index is -0.234. The molecule has 2 aliphatic heterocycles. The number of amides is 3. The van der Waals surface area contributed by atoms with Gasteiger partial charge in [-0.05, 0) is 49.9 Å². The fourth-order valence-electron chi connectivity index (χ4n) is 4.61. The second-order valence-corrected chi connectivity index (χ2v) is 8.23. The highest BCUT2D eigenvalue weighted by Crippen LogP contribution is 2.35. The Morgan fingerprint density at radius 1 is 0.897 bits per heavy atom. The predicted octanol–water partition coefficient (Wildman–Crippen LogP) is 3.35. The van der Waals surface area contributed by atoms with Crippen molar-refractivity contribution in [2.24, 2.45) is 11.8 Å². The third-order valence-electron chi connectivity index (χ3n) is 6.28. The summed E-state index contributed by atoms with van der Waals surface area (Å²) in [7, 11) is 0. The fourth-order valence-corrected chi connectivity index (χ4v) is 4.61. The van der Waals surface area contributed by atoms with Gasteiger partial charge in [0.05, 0.1) is 11.8 Å². The van der Waals surface area contributed by atoms with Crippen LogP contribution < -0.4 is 10.2 Å². The van der Waals surface area contributed by atoms with Crippen molar-refractivity contribution < 1.29 is 14.4 Å². The van der Waals surface area contributed by atoms with Crippen LogP contribution in [0.1, 0.15) is 44.9 Å². The van der Waals surface area contributed by atoms with Crippen molar-refractivity contribution in [3.05, 3.63) is 36.4 Å². The summed E-state index contributed by atoms with van der Waals surface area (Å²) in [6, 6.07) is 7.94. The van der Waals surface area contributed by atoms with Gasteiger partial charge in [0.2, 0.25) is 17.7 Å². The number of rotatable bonds is 5. The molecule has 2 saturated heterocycles. The van der Waals surface area contributed by atoms with Crippen LogP contribution in [0.5, 0.6) is 0 Å². The summed E-state index contributed by atoms with van der Waals surface area (Å²) in [5, 5.41) is 2.88. The van der Waals surface area contributed by atoms with E-state index in [-0.39, 0.29) is 42.5 Å². The number of anilines is 2. The van der Waals surface area contributed by atoms with E-state index < -0.39 is 0 Å². The number of carbonyl (C=O) groups is 3. The monoisotopic (exact) mass is 395 g/mol. The Balaban J connectivity index is 1.28. The van der Waals surface area contributed by atoms with Crippen molar-refractivity contribution in [2.45, 2.75) is 44.9 Å². The number of benzene rings is 1. The van der Waals surface area contributed by atoms with E-state index >= 15 is 0 Å². The summed E-state index contributed by atoms with van der Waals surface area (Å²) in [6.07, 6.45) is 10.4. The maximum Gasteiger partial charge on any atom is 0.233 e. The third kappa shape index (κ3) is 4.36. The van der Waals surface area contributed by atoms with Crippen LogP contribution in [0.15, 0.2) is 36.4 Å². The summed E-state index contributed by atoms with van der Waals surface area (Å²) in [5.41, 5.74) is 1.93. The average molecular weight is 396 g/mol. The average Bonchev–Trinajstić information content (AvgIpc) is 2.92. The molecule has 0 bridgehead atoms. The zero-order chi connectivity index (χ0) is 20.2. The van der Waals surface area contributed by atoms with E-state index in [9.17, 15) is 14.4 Å². The molecule has 2 atom stereocenters. The minimum Gasteiger partial charge on any atom is -0.372 e. The Hall–Kier alpha value is -2.63. The van der Waals surface area contributed by atoms with E-state index in [2.05, 4.69) is 10.2 Å². The van der Waals surface area contributed by atoms with Crippen molar-refractivity contribution in [1.82, 2.24) is 4.90 Å². The molecule has 1 N–H and O–H groups in total. The smallest absolute Gasteiger partial charge is 0.233 e. The number of allylic oxidation sites excluding steroid dienone is 2.